The van der Waals surface area contributed by atoms with Gasteiger partial charge in [0.1, 0.15) is 5.03 Å². The molecule has 1 aromatic heterocycles. The van der Waals surface area contributed by atoms with Gasteiger partial charge in [0, 0.05) is 5.75 Å². The van der Waals surface area contributed by atoms with Crippen molar-refractivity contribution in [2.45, 2.75) is 11.9 Å². The number of carbonyl (C=O) groups is 1. The Morgan fingerprint density at radius 2 is 2.29 bits per heavy atom. The summed E-state index contributed by atoms with van der Waals surface area (Å²) >= 11 is 1.28. The minimum atomic E-state index is -0.337. The van der Waals surface area contributed by atoms with Crippen LogP contribution in [0.15, 0.2) is 16.1 Å². The molecule has 1 atom stereocenters. The minimum absolute atomic E-state index is 0.162. The molecule has 1 aromatic rings. The number of carbonyl (C=O) groups excluding carboxylic acids is 1. The maximum atomic E-state index is 11.4. The van der Waals surface area contributed by atoms with E-state index in [1.165, 1.54) is 32.3 Å². The van der Waals surface area contributed by atoms with Crippen molar-refractivity contribution in [3.8, 4) is 5.75 Å². The molecular formula is C10H14N2O4S. The Morgan fingerprint density at radius 1 is 1.59 bits per heavy atom. The monoisotopic (exact) mass is 258 g/mol. The third kappa shape index (κ3) is 3.48. The van der Waals surface area contributed by atoms with Gasteiger partial charge in [0.15, 0.2) is 0 Å². The van der Waals surface area contributed by atoms with Gasteiger partial charge in [-0.1, -0.05) is 6.92 Å². The van der Waals surface area contributed by atoms with Crippen molar-refractivity contribution in [3.05, 3.63) is 16.7 Å². The number of aromatic amines is 1. The molecule has 0 spiro atoms. The molecule has 0 amide bonds. The van der Waals surface area contributed by atoms with Crippen molar-refractivity contribution < 1.29 is 14.3 Å². The summed E-state index contributed by atoms with van der Waals surface area (Å²) in [6.07, 6.45) is 1.30. The Hall–Kier alpha value is -1.50. The van der Waals surface area contributed by atoms with Gasteiger partial charge in [-0.2, -0.15) is 0 Å². The van der Waals surface area contributed by atoms with Crippen molar-refractivity contribution >= 4 is 17.7 Å². The Balaban J connectivity index is 2.73. The summed E-state index contributed by atoms with van der Waals surface area (Å²) in [7, 11) is 2.75. The molecule has 1 N–H and O–H groups in total. The lowest BCUT2D eigenvalue weighted by atomic mass is 10.2. The predicted octanol–water partition coefficient (Wildman–Crippen LogP) is 0.680. The SMILES string of the molecule is COC(=O)C(C)CSc1nc[nH]c(=O)c1OC. The number of nitrogens with one attached hydrogen (secondary N) is 1. The number of thioether (sulfide) groups is 1. The summed E-state index contributed by atoms with van der Waals surface area (Å²) in [5, 5.41) is 0.465. The van der Waals surface area contributed by atoms with E-state index in [0.717, 1.165) is 0 Å². The molecule has 1 unspecified atom stereocenters. The zero-order valence-electron chi connectivity index (χ0n) is 9.85. The first-order chi connectivity index (χ1) is 8.10. The molecule has 94 valence electrons. The number of ether oxygens (including phenoxy) is 2. The second-order valence-corrected chi connectivity index (χ2v) is 4.31. The number of esters is 1. The van der Waals surface area contributed by atoms with Crippen molar-refractivity contribution in [3.63, 3.8) is 0 Å². The largest absolute Gasteiger partial charge is 0.489 e. The van der Waals surface area contributed by atoms with Crippen molar-refractivity contribution in [2.75, 3.05) is 20.0 Å². The van der Waals surface area contributed by atoms with Gasteiger partial charge in [-0.3, -0.25) is 9.59 Å². The molecule has 0 saturated carbocycles. The predicted molar refractivity (Wildman–Crippen MR) is 63.3 cm³/mol. The highest BCUT2D eigenvalue weighted by atomic mass is 32.2. The van der Waals surface area contributed by atoms with Crippen molar-refractivity contribution in [1.29, 1.82) is 0 Å². The fourth-order valence-corrected chi connectivity index (χ4v) is 2.11. The van der Waals surface area contributed by atoms with Gasteiger partial charge >= 0.3 is 5.97 Å². The highest BCUT2D eigenvalue weighted by Crippen LogP contribution is 2.24. The highest BCUT2D eigenvalue weighted by molar-refractivity contribution is 7.99. The minimum Gasteiger partial charge on any atom is -0.489 e. The molecule has 6 nitrogen and oxygen atoms in total. The molecule has 7 heteroatoms. The first-order valence-corrected chi connectivity index (χ1v) is 5.91. The third-order valence-corrected chi connectivity index (χ3v) is 3.29. The molecule has 0 aromatic carbocycles. The topological polar surface area (TPSA) is 81.3 Å². The van der Waals surface area contributed by atoms with Crippen LogP contribution in [0, 0.1) is 5.92 Å². The van der Waals surface area contributed by atoms with Crippen LogP contribution in [-0.4, -0.2) is 35.9 Å². The number of hydrogen-bond acceptors (Lipinski definition) is 6. The van der Waals surface area contributed by atoms with E-state index in [4.69, 9.17) is 4.74 Å². The molecule has 0 saturated heterocycles. The average Bonchev–Trinajstić information content (AvgIpc) is 2.34. The molecule has 17 heavy (non-hydrogen) atoms. The van der Waals surface area contributed by atoms with Gasteiger partial charge in [-0.15, -0.1) is 11.8 Å². The van der Waals surface area contributed by atoms with Crippen LogP contribution in [0.2, 0.25) is 0 Å². The number of methoxy groups -OCH3 is 2. The van der Waals surface area contributed by atoms with E-state index in [-0.39, 0.29) is 23.2 Å². The zero-order valence-corrected chi connectivity index (χ0v) is 10.7. The van der Waals surface area contributed by atoms with Gasteiger partial charge in [0.25, 0.3) is 5.56 Å². The molecule has 1 rings (SSSR count). The van der Waals surface area contributed by atoms with E-state index >= 15 is 0 Å². The lowest BCUT2D eigenvalue weighted by Gasteiger charge is -2.09. The third-order valence-electron chi connectivity index (χ3n) is 2.06. The summed E-state index contributed by atoms with van der Waals surface area (Å²) < 4.78 is 9.56. The van der Waals surface area contributed by atoms with E-state index in [0.29, 0.717) is 10.8 Å². The lowest BCUT2D eigenvalue weighted by Crippen LogP contribution is -2.16. The van der Waals surface area contributed by atoms with Crippen molar-refractivity contribution in [1.82, 2.24) is 9.97 Å². The highest BCUT2D eigenvalue weighted by Gasteiger charge is 2.16. The Morgan fingerprint density at radius 3 is 2.88 bits per heavy atom. The first-order valence-electron chi connectivity index (χ1n) is 4.92. The summed E-state index contributed by atoms with van der Waals surface area (Å²) in [4.78, 5) is 29.0. The smallest absolute Gasteiger partial charge is 0.309 e. The molecule has 0 fully saturated rings. The van der Waals surface area contributed by atoms with Gasteiger partial charge in [0.2, 0.25) is 5.75 Å². The number of rotatable bonds is 5. The normalized spacial score (nSPS) is 11.9. The molecular weight excluding hydrogens is 244 g/mol. The van der Waals surface area contributed by atoms with Crippen LogP contribution in [0.4, 0.5) is 0 Å². The molecule has 0 aliphatic rings. The van der Waals surface area contributed by atoms with Crippen molar-refractivity contribution in [2.24, 2.45) is 5.92 Å². The van der Waals surface area contributed by atoms with Crippen LogP contribution in [0.1, 0.15) is 6.92 Å². The van der Waals surface area contributed by atoms with E-state index in [2.05, 4.69) is 14.7 Å². The molecule has 1 heterocycles. The van der Waals surface area contributed by atoms with Gasteiger partial charge in [-0.25, -0.2) is 4.98 Å². The van der Waals surface area contributed by atoms with Gasteiger partial charge in [-0.05, 0) is 0 Å². The zero-order chi connectivity index (χ0) is 12.8. The van der Waals surface area contributed by atoms with Crippen LogP contribution < -0.4 is 10.3 Å². The average molecular weight is 258 g/mol. The Kier molecular flexibility index (Phi) is 5.02. The van der Waals surface area contributed by atoms with Crippen LogP contribution in [0.25, 0.3) is 0 Å². The van der Waals surface area contributed by atoms with E-state index in [1.54, 1.807) is 6.92 Å². The summed E-state index contributed by atoms with van der Waals surface area (Å²) in [6, 6.07) is 0. The summed E-state index contributed by atoms with van der Waals surface area (Å²) in [5.41, 5.74) is -0.337. The van der Waals surface area contributed by atoms with E-state index < -0.39 is 0 Å². The molecule has 0 bridgehead atoms. The first kappa shape index (κ1) is 13.6. The second kappa shape index (κ2) is 6.29. The molecule has 0 aliphatic heterocycles. The number of aromatic nitrogens is 2. The maximum Gasteiger partial charge on any atom is 0.309 e. The quantitative estimate of drug-likeness (QED) is 0.475. The maximum absolute atomic E-state index is 11.4. The van der Waals surface area contributed by atoms with Crippen LogP contribution in [0.5, 0.6) is 5.75 Å². The number of hydrogen-bond donors (Lipinski definition) is 1. The lowest BCUT2D eigenvalue weighted by molar-refractivity contribution is -0.143. The summed E-state index contributed by atoms with van der Waals surface area (Å²) in [5.74, 6) is 0.0751. The molecule has 0 radical (unpaired) electrons. The Bertz CT molecular complexity index is 446. The van der Waals surface area contributed by atoms with E-state index in [9.17, 15) is 9.59 Å². The standard InChI is InChI=1S/C10H14N2O4S/c1-6(10(14)16-3)4-17-9-7(15-2)8(13)11-5-12-9/h5-6H,4H2,1-3H3,(H,11,12,13). The fourth-order valence-electron chi connectivity index (χ4n) is 1.13. The van der Waals surface area contributed by atoms with Gasteiger partial charge in [0.05, 0.1) is 26.5 Å². The van der Waals surface area contributed by atoms with E-state index in [1.807, 2.05) is 0 Å². The number of nitrogens with zero attached hydrogens (tertiary/aromatic N) is 1. The van der Waals surface area contributed by atoms with Gasteiger partial charge < -0.3 is 14.5 Å². The van der Waals surface area contributed by atoms with Crippen LogP contribution >= 0.6 is 11.8 Å². The van der Waals surface area contributed by atoms with Crippen LogP contribution in [-0.2, 0) is 9.53 Å². The van der Waals surface area contributed by atoms with Crippen LogP contribution in [0.3, 0.4) is 0 Å². The molecule has 0 aliphatic carbocycles. The fraction of sp³-hybridized carbons (Fsp3) is 0.500. The second-order valence-electron chi connectivity index (χ2n) is 3.31. The summed E-state index contributed by atoms with van der Waals surface area (Å²) in [6.45, 7) is 1.75. The number of H-pyrrole nitrogens is 1. The Labute approximate surface area is 103 Å².